The molecule has 0 N–H and O–H groups in total. The molecule has 2 aliphatic rings. The maximum atomic E-state index is 2.47. The van der Waals surface area contributed by atoms with Crippen molar-refractivity contribution in [2.24, 2.45) is 17.3 Å². The van der Waals surface area contributed by atoms with Gasteiger partial charge in [0.2, 0.25) is 0 Å². The first-order valence-electron chi connectivity index (χ1n) is 5.58. The molecule has 3 unspecified atom stereocenters. The molecule has 2 saturated carbocycles. The highest BCUT2D eigenvalue weighted by Gasteiger charge is 2.61. The molecule has 2 rings (SSSR count). The Balaban J connectivity index is 2.38. The van der Waals surface area contributed by atoms with E-state index in [4.69, 9.17) is 0 Å². The normalized spacial score (nSPS) is 47.5. The van der Waals surface area contributed by atoms with Crippen molar-refractivity contribution in [3.8, 4) is 0 Å². The van der Waals surface area contributed by atoms with Crippen molar-refractivity contribution >= 4 is 0 Å². The van der Waals surface area contributed by atoms with Crippen LogP contribution in [0.1, 0.15) is 40.0 Å². The Morgan fingerprint density at radius 1 is 1.00 bits per heavy atom. The van der Waals surface area contributed by atoms with Crippen LogP contribution in [0.15, 0.2) is 0 Å². The lowest BCUT2D eigenvalue weighted by Gasteiger charge is -2.52. The van der Waals surface area contributed by atoms with Crippen molar-refractivity contribution in [2.45, 2.75) is 45.6 Å². The third-order valence-electron chi connectivity index (χ3n) is 5.48. The minimum absolute atomic E-state index is 0.440. The zero-order valence-corrected chi connectivity index (χ0v) is 9.72. The average Bonchev–Trinajstić information content (AvgIpc) is 2.54. The number of hydrogen-bond donors (Lipinski definition) is 0. The summed E-state index contributed by atoms with van der Waals surface area (Å²) in [7, 11) is 4.50. The molecular formula is C12H23N. The van der Waals surface area contributed by atoms with Crippen LogP contribution >= 0.6 is 0 Å². The van der Waals surface area contributed by atoms with E-state index >= 15 is 0 Å². The van der Waals surface area contributed by atoms with Gasteiger partial charge in [-0.1, -0.05) is 13.8 Å². The lowest BCUT2D eigenvalue weighted by atomic mass is 9.63. The highest BCUT2D eigenvalue weighted by molar-refractivity contribution is 5.13. The zero-order valence-electron chi connectivity index (χ0n) is 9.72. The fraction of sp³-hybridized carbons (Fsp3) is 1.00. The standard InChI is InChI=1S/C12H23N/c1-11(2)9-6-7-10(8-9)12(11,3)13(4)5/h9-10H,6-8H2,1-5H3. The molecule has 2 bridgehead atoms. The van der Waals surface area contributed by atoms with Crippen molar-refractivity contribution in [2.75, 3.05) is 14.1 Å². The van der Waals surface area contributed by atoms with E-state index in [0.717, 1.165) is 11.8 Å². The fourth-order valence-electron chi connectivity index (χ4n) is 4.03. The predicted molar refractivity (Wildman–Crippen MR) is 56.7 cm³/mol. The highest BCUT2D eigenvalue weighted by atomic mass is 15.2. The van der Waals surface area contributed by atoms with Crippen molar-refractivity contribution in [1.82, 2.24) is 4.90 Å². The van der Waals surface area contributed by atoms with Gasteiger partial charge in [0.05, 0.1) is 0 Å². The smallest absolute Gasteiger partial charge is 0.0257 e. The van der Waals surface area contributed by atoms with Crippen LogP contribution in [0.2, 0.25) is 0 Å². The molecule has 0 amide bonds. The van der Waals surface area contributed by atoms with Gasteiger partial charge in [0.25, 0.3) is 0 Å². The first-order chi connectivity index (χ1) is 5.90. The third-order valence-corrected chi connectivity index (χ3v) is 5.48. The number of fused-ring (bicyclic) bond motifs is 2. The molecule has 13 heavy (non-hydrogen) atoms. The molecule has 0 aromatic heterocycles. The Morgan fingerprint density at radius 3 is 1.85 bits per heavy atom. The quantitative estimate of drug-likeness (QED) is 0.601. The number of hydrogen-bond acceptors (Lipinski definition) is 1. The molecule has 1 nitrogen and oxygen atoms in total. The second kappa shape index (κ2) is 2.50. The minimum atomic E-state index is 0.440. The summed E-state index contributed by atoms with van der Waals surface area (Å²) in [6.45, 7) is 7.41. The highest BCUT2D eigenvalue weighted by Crippen LogP contribution is 2.62. The molecule has 2 fully saturated rings. The van der Waals surface area contributed by atoms with E-state index in [0.29, 0.717) is 11.0 Å². The van der Waals surface area contributed by atoms with Gasteiger partial charge in [-0.15, -0.1) is 0 Å². The SMILES string of the molecule is CN(C)C1(C)C2CCC(C2)C1(C)C. The Kier molecular flexibility index (Phi) is 1.83. The Morgan fingerprint density at radius 2 is 1.54 bits per heavy atom. The fourth-order valence-corrected chi connectivity index (χ4v) is 4.03. The van der Waals surface area contributed by atoms with Gasteiger partial charge in [-0.3, -0.25) is 0 Å². The first-order valence-corrected chi connectivity index (χ1v) is 5.58. The monoisotopic (exact) mass is 181 g/mol. The molecule has 0 saturated heterocycles. The molecule has 0 spiro atoms. The minimum Gasteiger partial charge on any atom is -0.303 e. The van der Waals surface area contributed by atoms with Crippen molar-refractivity contribution < 1.29 is 0 Å². The van der Waals surface area contributed by atoms with Gasteiger partial charge < -0.3 is 4.90 Å². The summed E-state index contributed by atoms with van der Waals surface area (Å²) in [4.78, 5) is 2.47. The van der Waals surface area contributed by atoms with Crippen LogP contribution in [0.25, 0.3) is 0 Å². The topological polar surface area (TPSA) is 3.24 Å². The molecule has 0 aromatic carbocycles. The third kappa shape index (κ3) is 0.918. The first kappa shape index (κ1) is 9.51. The summed E-state index contributed by atoms with van der Waals surface area (Å²) in [6.07, 6.45) is 4.41. The predicted octanol–water partition coefficient (Wildman–Crippen LogP) is 2.76. The van der Waals surface area contributed by atoms with E-state index in [1.54, 1.807) is 0 Å². The van der Waals surface area contributed by atoms with Crippen LogP contribution in [-0.2, 0) is 0 Å². The van der Waals surface area contributed by atoms with Crippen molar-refractivity contribution in [3.63, 3.8) is 0 Å². The van der Waals surface area contributed by atoms with Gasteiger partial charge in [-0.2, -0.15) is 0 Å². The van der Waals surface area contributed by atoms with Crippen LogP contribution < -0.4 is 0 Å². The molecule has 0 heterocycles. The van der Waals surface area contributed by atoms with E-state index in [1.807, 2.05) is 0 Å². The van der Waals surface area contributed by atoms with Gasteiger partial charge in [0, 0.05) is 5.54 Å². The molecule has 0 aliphatic heterocycles. The molecule has 3 atom stereocenters. The second-order valence-corrected chi connectivity index (χ2v) is 5.97. The van der Waals surface area contributed by atoms with Crippen LogP contribution in [0.5, 0.6) is 0 Å². The van der Waals surface area contributed by atoms with Crippen LogP contribution in [0, 0.1) is 17.3 Å². The van der Waals surface area contributed by atoms with Crippen LogP contribution in [0.4, 0.5) is 0 Å². The maximum absolute atomic E-state index is 2.47. The van der Waals surface area contributed by atoms with E-state index in [1.165, 1.54) is 19.3 Å². The molecule has 2 aliphatic carbocycles. The largest absolute Gasteiger partial charge is 0.303 e. The zero-order chi connectivity index (χ0) is 9.85. The van der Waals surface area contributed by atoms with E-state index in [9.17, 15) is 0 Å². The van der Waals surface area contributed by atoms with Gasteiger partial charge in [0.1, 0.15) is 0 Å². The Labute approximate surface area is 82.5 Å². The number of nitrogens with zero attached hydrogens (tertiary/aromatic N) is 1. The summed E-state index contributed by atoms with van der Waals surface area (Å²) in [5.41, 5.74) is 0.954. The summed E-state index contributed by atoms with van der Waals surface area (Å²) >= 11 is 0. The van der Waals surface area contributed by atoms with Gasteiger partial charge in [-0.25, -0.2) is 0 Å². The van der Waals surface area contributed by atoms with E-state index in [2.05, 4.69) is 39.8 Å². The van der Waals surface area contributed by atoms with E-state index in [-0.39, 0.29) is 0 Å². The van der Waals surface area contributed by atoms with Crippen molar-refractivity contribution in [3.05, 3.63) is 0 Å². The Hall–Kier alpha value is -0.0400. The van der Waals surface area contributed by atoms with Crippen LogP contribution in [0.3, 0.4) is 0 Å². The summed E-state index contributed by atoms with van der Waals surface area (Å²) in [5, 5.41) is 0. The van der Waals surface area contributed by atoms with Gasteiger partial charge >= 0.3 is 0 Å². The number of rotatable bonds is 1. The lowest BCUT2D eigenvalue weighted by Crippen LogP contribution is -2.56. The summed E-state index contributed by atoms with van der Waals surface area (Å²) in [5.74, 6) is 1.92. The average molecular weight is 181 g/mol. The van der Waals surface area contributed by atoms with E-state index < -0.39 is 0 Å². The summed E-state index contributed by atoms with van der Waals surface area (Å²) < 4.78 is 0. The molecule has 76 valence electrons. The lowest BCUT2D eigenvalue weighted by molar-refractivity contribution is -0.0155. The molecule has 1 heteroatoms. The molecule has 0 radical (unpaired) electrons. The second-order valence-electron chi connectivity index (χ2n) is 5.97. The summed E-state index contributed by atoms with van der Waals surface area (Å²) in [6, 6.07) is 0. The van der Waals surface area contributed by atoms with Gasteiger partial charge in [-0.05, 0) is 57.5 Å². The Bertz CT molecular complexity index is 219. The van der Waals surface area contributed by atoms with Crippen LogP contribution in [-0.4, -0.2) is 24.5 Å². The molecular weight excluding hydrogens is 158 g/mol. The molecule has 0 aromatic rings. The van der Waals surface area contributed by atoms with Gasteiger partial charge in [0.15, 0.2) is 0 Å². The maximum Gasteiger partial charge on any atom is 0.0257 e. The van der Waals surface area contributed by atoms with Crippen molar-refractivity contribution in [1.29, 1.82) is 0 Å².